The first-order valence-corrected chi connectivity index (χ1v) is 30.9. The van der Waals surface area contributed by atoms with Crippen LogP contribution in [0.1, 0.15) is 265 Å². The number of carbonyl (C=O) groups is 4. The van der Waals surface area contributed by atoms with Crippen LogP contribution in [0.15, 0.2) is 72.9 Å². The fourth-order valence-electron chi connectivity index (χ4n) is 9.10. The van der Waals surface area contributed by atoms with E-state index in [1.165, 1.54) is 122 Å². The van der Waals surface area contributed by atoms with Gasteiger partial charge in [-0.15, -0.1) is 0 Å². The molecule has 6 unspecified atom stereocenters. The standard InChI is InChI=1S/C65H110O12/c1-4-7-10-13-16-19-21-23-25-27-29-31-33-35-37-40-42-45-48-51-57(66)73-54-56(75-58(67)52-49-46-44-41-38-36-34-32-30-28-26-24-22-20-17-14-11-8-5-2)55-74-65-63(61(70)60(69)62(77-65)64(71)72)76-59(68)53-50-47-43-39-18-15-12-9-6-3/h7,10,16,19,23,25,29,31,35,37,42,45,56,60-63,65,69-70H,4-6,8-9,11-15,17-18,20-22,24,26-28,30,32-34,36,38-41,43-44,46-55H2,1-3H3,(H,71,72)/b10-7-,19-16-,25-23-,31-29-,37-35-,45-42-. The molecule has 0 aromatic rings. The molecule has 12 heteroatoms. The summed E-state index contributed by atoms with van der Waals surface area (Å²) in [5.74, 6) is -3.22. The van der Waals surface area contributed by atoms with Crippen LogP contribution in [0.4, 0.5) is 0 Å². The minimum Gasteiger partial charge on any atom is -0.479 e. The summed E-state index contributed by atoms with van der Waals surface area (Å²) in [7, 11) is 0. The molecule has 3 N–H and O–H groups in total. The Kier molecular flexibility index (Phi) is 48.8. The molecule has 1 aliphatic rings. The molecule has 77 heavy (non-hydrogen) atoms. The van der Waals surface area contributed by atoms with Gasteiger partial charge < -0.3 is 39.0 Å². The van der Waals surface area contributed by atoms with Gasteiger partial charge in [0.2, 0.25) is 0 Å². The van der Waals surface area contributed by atoms with Crippen molar-refractivity contribution in [3.63, 3.8) is 0 Å². The molecule has 0 bridgehead atoms. The van der Waals surface area contributed by atoms with Crippen molar-refractivity contribution in [3.05, 3.63) is 72.9 Å². The Morgan fingerprint density at radius 3 is 1.22 bits per heavy atom. The zero-order valence-electron chi connectivity index (χ0n) is 48.7. The second-order valence-electron chi connectivity index (χ2n) is 21.0. The molecule has 1 aliphatic heterocycles. The number of unbranched alkanes of at least 4 members (excludes halogenated alkanes) is 26. The molecule has 12 nitrogen and oxygen atoms in total. The number of aliphatic hydroxyl groups is 2. The molecule has 1 fully saturated rings. The maximum absolute atomic E-state index is 13.2. The largest absolute Gasteiger partial charge is 0.479 e. The van der Waals surface area contributed by atoms with E-state index >= 15 is 0 Å². The summed E-state index contributed by atoms with van der Waals surface area (Å²) in [6.45, 7) is 5.80. The van der Waals surface area contributed by atoms with E-state index in [2.05, 4.69) is 81.5 Å². The van der Waals surface area contributed by atoms with Crippen molar-refractivity contribution < 1.29 is 58.2 Å². The highest BCUT2D eigenvalue weighted by Gasteiger charge is 2.50. The maximum Gasteiger partial charge on any atom is 0.335 e. The Bertz CT molecular complexity index is 1620. The number of allylic oxidation sites excluding steroid dienone is 12. The Balaban J connectivity index is 2.68. The Morgan fingerprint density at radius 1 is 0.442 bits per heavy atom. The maximum atomic E-state index is 13.2. The number of carbonyl (C=O) groups excluding carboxylic acids is 3. The normalized spacial score (nSPS) is 18.5. The lowest BCUT2D eigenvalue weighted by Gasteiger charge is -2.40. The summed E-state index contributed by atoms with van der Waals surface area (Å²) in [5, 5.41) is 31.4. The van der Waals surface area contributed by atoms with Crippen LogP contribution in [-0.2, 0) is 42.9 Å². The van der Waals surface area contributed by atoms with Crippen molar-refractivity contribution >= 4 is 23.9 Å². The van der Waals surface area contributed by atoms with Gasteiger partial charge in [-0.2, -0.15) is 0 Å². The Hall–Kier alpha value is -3.84. The van der Waals surface area contributed by atoms with Crippen molar-refractivity contribution in [3.8, 4) is 0 Å². The van der Waals surface area contributed by atoms with Gasteiger partial charge in [-0.25, -0.2) is 4.79 Å². The highest BCUT2D eigenvalue weighted by atomic mass is 16.7. The van der Waals surface area contributed by atoms with Crippen molar-refractivity contribution in [1.29, 1.82) is 0 Å². The number of rotatable bonds is 52. The van der Waals surface area contributed by atoms with Crippen LogP contribution in [0.3, 0.4) is 0 Å². The van der Waals surface area contributed by atoms with Crippen LogP contribution in [0.2, 0.25) is 0 Å². The summed E-state index contributed by atoms with van der Waals surface area (Å²) in [5.41, 5.74) is 0. The number of carboxylic acid groups (broad SMARTS) is 1. The first-order valence-electron chi connectivity index (χ1n) is 30.9. The zero-order valence-corrected chi connectivity index (χ0v) is 48.7. The summed E-state index contributed by atoms with van der Waals surface area (Å²) < 4.78 is 28.3. The summed E-state index contributed by atoms with van der Waals surface area (Å²) in [4.78, 5) is 51.1. The molecule has 1 rings (SSSR count). The van der Waals surface area contributed by atoms with Gasteiger partial charge >= 0.3 is 23.9 Å². The van der Waals surface area contributed by atoms with Gasteiger partial charge in [0, 0.05) is 19.3 Å². The van der Waals surface area contributed by atoms with Crippen LogP contribution in [0.5, 0.6) is 0 Å². The first kappa shape index (κ1) is 71.2. The molecule has 0 radical (unpaired) electrons. The minimum absolute atomic E-state index is 0.0540. The van der Waals surface area contributed by atoms with Crippen LogP contribution < -0.4 is 0 Å². The zero-order chi connectivity index (χ0) is 56.1. The summed E-state index contributed by atoms with van der Waals surface area (Å²) >= 11 is 0. The second-order valence-corrected chi connectivity index (χ2v) is 21.0. The number of aliphatic carboxylic acids is 1. The van der Waals surface area contributed by atoms with E-state index in [1.54, 1.807) is 0 Å². The molecule has 0 spiro atoms. The number of hydrogen-bond donors (Lipinski definition) is 3. The van der Waals surface area contributed by atoms with Crippen LogP contribution in [0, 0.1) is 0 Å². The molecule has 1 saturated heterocycles. The molecule has 0 amide bonds. The quantitative estimate of drug-likeness (QED) is 0.0228. The van der Waals surface area contributed by atoms with Gasteiger partial charge in [0.15, 0.2) is 24.6 Å². The first-order chi connectivity index (χ1) is 37.6. The predicted molar refractivity (Wildman–Crippen MR) is 312 cm³/mol. The number of hydrogen-bond acceptors (Lipinski definition) is 11. The van der Waals surface area contributed by atoms with E-state index in [9.17, 15) is 34.5 Å². The molecular weight excluding hydrogens is 973 g/mol. The van der Waals surface area contributed by atoms with Gasteiger partial charge in [0.25, 0.3) is 0 Å². The lowest BCUT2D eigenvalue weighted by Crippen LogP contribution is -2.61. The van der Waals surface area contributed by atoms with E-state index in [0.29, 0.717) is 19.3 Å². The number of esters is 3. The molecule has 442 valence electrons. The van der Waals surface area contributed by atoms with E-state index < -0.39 is 67.3 Å². The average Bonchev–Trinajstić information content (AvgIpc) is 3.42. The molecule has 6 atom stereocenters. The van der Waals surface area contributed by atoms with E-state index in [1.807, 2.05) is 12.2 Å². The summed E-state index contributed by atoms with van der Waals surface area (Å²) in [6.07, 6.45) is 54.8. The third-order valence-electron chi connectivity index (χ3n) is 13.8. The van der Waals surface area contributed by atoms with Gasteiger partial charge in [-0.3, -0.25) is 14.4 Å². The lowest BCUT2D eigenvalue weighted by atomic mass is 9.98. The number of aliphatic hydroxyl groups excluding tert-OH is 2. The molecule has 0 aromatic carbocycles. The highest BCUT2D eigenvalue weighted by molar-refractivity contribution is 5.74. The van der Waals surface area contributed by atoms with E-state index in [4.69, 9.17) is 23.7 Å². The van der Waals surface area contributed by atoms with Gasteiger partial charge in [-0.05, 0) is 57.8 Å². The monoisotopic (exact) mass is 1080 g/mol. The van der Waals surface area contributed by atoms with Crippen LogP contribution in [0.25, 0.3) is 0 Å². The Labute approximate surface area is 468 Å². The van der Waals surface area contributed by atoms with Gasteiger partial charge in [-0.1, -0.05) is 261 Å². The topological polar surface area (TPSA) is 175 Å². The fraction of sp³-hybridized carbons (Fsp3) is 0.754. The lowest BCUT2D eigenvalue weighted by molar-refractivity contribution is -0.301. The van der Waals surface area contributed by atoms with Crippen molar-refractivity contribution in [2.24, 2.45) is 0 Å². The molecule has 0 aliphatic carbocycles. The third kappa shape index (κ3) is 42.7. The smallest absolute Gasteiger partial charge is 0.335 e. The summed E-state index contributed by atoms with van der Waals surface area (Å²) in [6, 6.07) is 0. The average molecular weight is 1080 g/mol. The molecule has 0 saturated carbocycles. The van der Waals surface area contributed by atoms with Crippen molar-refractivity contribution in [1.82, 2.24) is 0 Å². The van der Waals surface area contributed by atoms with Gasteiger partial charge in [0.1, 0.15) is 18.8 Å². The predicted octanol–water partition coefficient (Wildman–Crippen LogP) is 16.1. The van der Waals surface area contributed by atoms with E-state index in [-0.39, 0.29) is 25.9 Å². The van der Waals surface area contributed by atoms with E-state index in [0.717, 1.165) is 83.5 Å². The highest BCUT2D eigenvalue weighted by Crippen LogP contribution is 2.26. The van der Waals surface area contributed by atoms with Crippen LogP contribution >= 0.6 is 0 Å². The molecular formula is C65H110O12. The van der Waals surface area contributed by atoms with Gasteiger partial charge in [0.05, 0.1) is 6.61 Å². The third-order valence-corrected chi connectivity index (χ3v) is 13.8. The molecule has 1 heterocycles. The molecule has 0 aromatic heterocycles. The minimum atomic E-state index is -1.91. The SMILES string of the molecule is CC/C=C\C/C=C\C/C=C\C/C=C\C/C=C\C/C=C\CCC(=O)OCC(COC1OC(C(=O)O)C(O)C(O)C1OC(=O)CCCCCCCCCCC)OC(=O)CCCCCCCCCCCCCCCCCCCCC. The van der Waals surface area contributed by atoms with Crippen molar-refractivity contribution in [2.75, 3.05) is 13.2 Å². The Morgan fingerprint density at radius 2 is 0.818 bits per heavy atom. The number of carboxylic acids is 1. The van der Waals surface area contributed by atoms with Crippen LogP contribution in [-0.4, -0.2) is 89.2 Å². The fourth-order valence-corrected chi connectivity index (χ4v) is 9.10. The van der Waals surface area contributed by atoms with Crippen molar-refractivity contribution in [2.45, 2.75) is 302 Å². The second kappa shape index (κ2) is 52.8. The number of ether oxygens (including phenoxy) is 5.